The van der Waals surface area contributed by atoms with E-state index in [9.17, 15) is 14.4 Å². The molecule has 3 atom stereocenters. The summed E-state index contributed by atoms with van der Waals surface area (Å²) in [5.74, 6) is 0.0515. The number of amides is 1. The number of hydrogen-bond donors (Lipinski definition) is 1. The summed E-state index contributed by atoms with van der Waals surface area (Å²) < 4.78 is 0. The van der Waals surface area contributed by atoms with Crippen LogP contribution < -0.4 is 5.32 Å². The molecule has 1 heterocycles. The van der Waals surface area contributed by atoms with Crippen LogP contribution in [-0.4, -0.2) is 23.5 Å². The summed E-state index contributed by atoms with van der Waals surface area (Å²) in [6.45, 7) is 1.99. The Morgan fingerprint density at radius 2 is 1.94 bits per heavy atom. The van der Waals surface area contributed by atoms with Crippen molar-refractivity contribution in [2.45, 2.75) is 57.9 Å². The Kier molecular flexibility index (Phi) is 4.15. The quantitative estimate of drug-likeness (QED) is 0.807. The molecule has 1 saturated heterocycles. The second kappa shape index (κ2) is 5.63. The van der Waals surface area contributed by atoms with Crippen LogP contribution in [0, 0.1) is 11.8 Å². The molecule has 2 fully saturated rings. The van der Waals surface area contributed by atoms with Gasteiger partial charge in [0.05, 0.1) is 6.04 Å². The van der Waals surface area contributed by atoms with Crippen LogP contribution in [0.1, 0.15) is 51.9 Å². The van der Waals surface area contributed by atoms with Crippen LogP contribution in [0.4, 0.5) is 0 Å². The molecule has 1 saturated carbocycles. The van der Waals surface area contributed by atoms with E-state index in [2.05, 4.69) is 5.32 Å². The molecule has 1 amide bonds. The molecule has 2 rings (SSSR count). The highest BCUT2D eigenvalue weighted by Crippen LogP contribution is 2.35. The Balaban J connectivity index is 2.00. The molecule has 0 aromatic heterocycles. The highest BCUT2D eigenvalue weighted by atomic mass is 16.2. The van der Waals surface area contributed by atoms with E-state index in [1.165, 1.54) is 0 Å². The number of rotatable bonds is 5. The van der Waals surface area contributed by atoms with Crippen molar-refractivity contribution in [1.82, 2.24) is 5.32 Å². The topological polar surface area (TPSA) is 63.2 Å². The zero-order chi connectivity index (χ0) is 13.1. The average molecular weight is 251 g/mol. The number of ketones is 2. The molecule has 0 spiro atoms. The third-order valence-electron chi connectivity index (χ3n) is 4.13. The molecule has 100 valence electrons. The zero-order valence-corrected chi connectivity index (χ0v) is 10.9. The Labute approximate surface area is 108 Å². The Hall–Kier alpha value is -1.19. The fraction of sp³-hybridized carbons (Fsp3) is 0.786. The van der Waals surface area contributed by atoms with Crippen LogP contribution >= 0.6 is 0 Å². The van der Waals surface area contributed by atoms with E-state index in [4.69, 9.17) is 0 Å². The van der Waals surface area contributed by atoms with Crippen molar-refractivity contribution < 1.29 is 14.4 Å². The first-order valence-corrected chi connectivity index (χ1v) is 6.99. The zero-order valence-electron chi connectivity index (χ0n) is 10.9. The highest BCUT2D eigenvalue weighted by molar-refractivity contribution is 5.96. The fourth-order valence-corrected chi connectivity index (χ4v) is 3.20. The fourth-order valence-electron chi connectivity index (χ4n) is 3.20. The van der Waals surface area contributed by atoms with E-state index in [0.717, 1.165) is 25.7 Å². The van der Waals surface area contributed by atoms with Crippen LogP contribution in [0.25, 0.3) is 0 Å². The summed E-state index contributed by atoms with van der Waals surface area (Å²) in [6, 6.07) is -0.336. The molecule has 3 unspecified atom stereocenters. The normalized spacial score (nSPS) is 31.4. The monoisotopic (exact) mass is 251 g/mol. The molecular formula is C14H21NO3. The van der Waals surface area contributed by atoms with Crippen molar-refractivity contribution in [2.75, 3.05) is 0 Å². The van der Waals surface area contributed by atoms with Crippen LogP contribution in [-0.2, 0) is 14.4 Å². The van der Waals surface area contributed by atoms with Gasteiger partial charge in [0.25, 0.3) is 0 Å². The standard InChI is InChI=1S/C14H21NO3/c1-2-4-12(16)9-5-3-6-10(9)14(18)11-7-8-13(17)15-11/h9-11H,2-8H2,1H3,(H,15,17). The van der Waals surface area contributed by atoms with Crippen LogP contribution in [0.2, 0.25) is 0 Å². The van der Waals surface area contributed by atoms with Gasteiger partial charge in [-0.05, 0) is 25.7 Å². The SMILES string of the molecule is CCCC(=O)C1CCCC1C(=O)C1CCC(=O)N1. The predicted molar refractivity (Wildman–Crippen MR) is 66.9 cm³/mol. The Bertz CT molecular complexity index is 364. The van der Waals surface area contributed by atoms with Crippen molar-refractivity contribution in [2.24, 2.45) is 11.8 Å². The van der Waals surface area contributed by atoms with E-state index in [1.807, 2.05) is 6.92 Å². The molecule has 0 aromatic rings. The molecule has 1 aliphatic heterocycles. The van der Waals surface area contributed by atoms with Crippen molar-refractivity contribution in [3.8, 4) is 0 Å². The van der Waals surface area contributed by atoms with Gasteiger partial charge < -0.3 is 5.32 Å². The third kappa shape index (κ3) is 2.62. The molecule has 2 aliphatic rings. The minimum atomic E-state index is -0.336. The molecule has 1 N–H and O–H groups in total. The van der Waals surface area contributed by atoms with Gasteiger partial charge in [0.2, 0.25) is 5.91 Å². The number of carbonyl (C=O) groups excluding carboxylic acids is 3. The lowest BCUT2D eigenvalue weighted by Gasteiger charge is -2.20. The van der Waals surface area contributed by atoms with E-state index in [-0.39, 0.29) is 35.4 Å². The van der Waals surface area contributed by atoms with Gasteiger partial charge in [-0.25, -0.2) is 0 Å². The van der Waals surface area contributed by atoms with Crippen molar-refractivity contribution in [3.63, 3.8) is 0 Å². The summed E-state index contributed by atoms with van der Waals surface area (Å²) in [6.07, 6.45) is 5.07. The predicted octanol–water partition coefficient (Wildman–Crippen LogP) is 1.62. The number of Topliss-reactive ketones (excluding diaryl/α,β-unsaturated/α-hetero) is 2. The first kappa shape index (κ1) is 13.2. The second-order valence-electron chi connectivity index (χ2n) is 5.42. The van der Waals surface area contributed by atoms with Crippen molar-refractivity contribution in [1.29, 1.82) is 0 Å². The first-order chi connectivity index (χ1) is 8.63. The van der Waals surface area contributed by atoms with Crippen LogP contribution in [0.15, 0.2) is 0 Å². The van der Waals surface area contributed by atoms with Crippen molar-refractivity contribution >= 4 is 17.5 Å². The lowest BCUT2D eigenvalue weighted by molar-refractivity contribution is -0.132. The van der Waals surface area contributed by atoms with E-state index >= 15 is 0 Å². The van der Waals surface area contributed by atoms with Gasteiger partial charge >= 0.3 is 0 Å². The molecule has 0 bridgehead atoms. The summed E-state index contributed by atoms with van der Waals surface area (Å²) in [7, 11) is 0. The third-order valence-corrected chi connectivity index (χ3v) is 4.13. The van der Waals surface area contributed by atoms with Gasteiger partial charge in [-0.1, -0.05) is 13.3 Å². The first-order valence-electron chi connectivity index (χ1n) is 6.99. The molecule has 4 nitrogen and oxygen atoms in total. The molecular weight excluding hydrogens is 230 g/mol. The summed E-state index contributed by atoms with van der Waals surface area (Å²) in [4.78, 5) is 35.5. The summed E-state index contributed by atoms with van der Waals surface area (Å²) in [5.41, 5.74) is 0. The lowest BCUT2D eigenvalue weighted by Crippen LogP contribution is -2.39. The smallest absolute Gasteiger partial charge is 0.220 e. The Morgan fingerprint density at radius 1 is 1.22 bits per heavy atom. The van der Waals surface area contributed by atoms with E-state index in [1.54, 1.807) is 0 Å². The van der Waals surface area contributed by atoms with Gasteiger partial charge in [-0.2, -0.15) is 0 Å². The highest BCUT2D eigenvalue weighted by Gasteiger charge is 2.41. The maximum Gasteiger partial charge on any atom is 0.220 e. The number of hydrogen-bond acceptors (Lipinski definition) is 3. The molecule has 18 heavy (non-hydrogen) atoms. The minimum absolute atomic E-state index is 0.0391. The lowest BCUT2D eigenvalue weighted by atomic mass is 9.84. The van der Waals surface area contributed by atoms with Gasteiger partial charge in [0, 0.05) is 24.7 Å². The van der Waals surface area contributed by atoms with Crippen LogP contribution in [0.5, 0.6) is 0 Å². The van der Waals surface area contributed by atoms with Gasteiger partial charge in [0.15, 0.2) is 5.78 Å². The second-order valence-corrected chi connectivity index (χ2v) is 5.42. The number of nitrogens with one attached hydrogen (secondary N) is 1. The number of carbonyl (C=O) groups is 3. The molecule has 1 aliphatic carbocycles. The summed E-state index contributed by atoms with van der Waals surface area (Å²) >= 11 is 0. The average Bonchev–Trinajstić information content (AvgIpc) is 2.96. The molecule has 0 aromatic carbocycles. The largest absolute Gasteiger partial charge is 0.346 e. The van der Waals surface area contributed by atoms with E-state index in [0.29, 0.717) is 19.3 Å². The summed E-state index contributed by atoms with van der Waals surface area (Å²) in [5, 5.41) is 2.72. The maximum absolute atomic E-state index is 12.3. The molecule has 0 radical (unpaired) electrons. The van der Waals surface area contributed by atoms with Crippen LogP contribution in [0.3, 0.4) is 0 Å². The van der Waals surface area contributed by atoms with E-state index < -0.39 is 0 Å². The van der Waals surface area contributed by atoms with Gasteiger partial charge in [-0.3, -0.25) is 14.4 Å². The minimum Gasteiger partial charge on any atom is -0.346 e. The maximum atomic E-state index is 12.3. The Morgan fingerprint density at radius 3 is 2.56 bits per heavy atom. The molecule has 4 heteroatoms. The van der Waals surface area contributed by atoms with Gasteiger partial charge in [-0.15, -0.1) is 0 Å². The van der Waals surface area contributed by atoms with Gasteiger partial charge in [0.1, 0.15) is 5.78 Å². The van der Waals surface area contributed by atoms with Crippen molar-refractivity contribution in [3.05, 3.63) is 0 Å².